The van der Waals surface area contributed by atoms with Crippen molar-refractivity contribution in [1.29, 1.82) is 0 Å². The lowest BCUT2D eigenvalue weighted by atomic mass is 10.0. The van der Waals surface area contributed by atoms with Crippen molar-refractivity contribution in [2.75, 3.05) is 18.9 Å². The summed E-state index contributed by atoms with van der Waals surface area (Å²) in [4.78, 5) is 19.5. The maximum Gasteiger partial charge on any atom is 0.256 e. The predicted octanol–water partition coefficient (Wildman–Crippen LogP) is 0.568. The van der Waals surface area contributed by atoms with Crippen molar-refractivity contribution < 1.29 is 9.69 Å². The molecule has 0 fully saturated rings. The van der Waals surface area contributed by atoms with Crippen LogP contribution >= 0.6 is 11.3 Å². The molecule has 108 valence electrons. The lowest BCUT2D eigenvalue weighted by Gasteiger charge is -2.26. The fourth-order valence-electron chi connectivity index (χ4n) is 3.05. The van der Waals surface area contributed by atoms with E-state index in [9.17, 15) is 4.79 Å². The molecular formula is C15H17N4OS+. The summed E-state index contributed by atoms with van der Waals surface area (Å²) in [7, 11) is 2.20. The molecule has 0 saturated carbocycles. The maximum absolute atomic E-state index is 12.5. The van der Waals surface area contributed by atoms with Crippen LogP contribution in [0.15, 0.2) is 24.5 Å². The van der Waals surface area contributed by atoms with Gasteiger partial charge in [0.05, 0.1) is 24.0 Å². The fourth-order valence-corrected chi connectivity index (χ4v) is 4.43. The van der Waals surface area contributed by atoms with Crippen molar-refractivity contribution in [2.24, 2.45) is 0 Å². The summed E-state index contributed by atoms with van der Waals surface area (Å²) in [5, 5.41) is 7.51. The summed E-state index contributed by atoms with van der Waals surface area (Å²) in [6, 6.07) is 3.86. The van der Waals surface area contributed by atoms with E-state index in [1.165, 1.54) is 15.3 Å². The molecule has 2 aliphatic heterocycles. The van der Waals surface area contributed by atoms with Crippen molar-refractivity contribution in [2.45, 2.75) is 19.1 Å². The molecule has 5 nitrogen and oxygen atoms in total. The highest BCUT2D eigenvalue weighted by Crippen LogP contribution is 2.38. The number of nitrogens with zero attached hydrogens (tertiary/aromatic N) is 1. The number of hydrogen-bond acceptors (Lipinski definition) is 4. The minimum absolute atomic E-state index is 0.0367. The molecule has 0 bridgehead atoms. The third kappa shape index (κ3) is 2.11. The van der Waals surface area contributed by atoms with Gasteiger partial charge in [-0.3, -0.25) is 9.78 Å². The highest BCUT2D eigenvalue weighted by atomic mass is 32.1. The van der Waals surface area contributed by atoms with Crippen LogP contribution in [0.5, 0.6) is 0 Å². The smallest absolute Gasteiger partial charge is 0.256 e. The topological polar surface area (TPSA) is 58.5 Å². The number of carbonyl (C=O) groups excluding carboxylic acids is 1. The Morgan fingerprint density at radius 3 is 3.14 bits per heavy atom. The molecule has 4 rings (SSSR count). The van der Waals surface area contributed by atoms with E-state index in [4.69, 9.17) is 0 Å². The van der Waals surface area contributed by atoms with Gasteiger partial charge in [-0.15, -0.1) is 11.3 Å². The van der Waals surface area contributed by atoms with Crippen molar-refractivity contribution in [1.82, 2.24) is 10.3 Å². The number of pyridine rings is 1. The average Bonchev–Trinajstić information content (AvgIpc) is 2.85. The molecule has 0 radical (unpaired) electrons. The molecule has 3 N–H and O–H groups in total. The van der Waals surface area contributed by atoms with Crippen molar-refractivity contribution >= 4 is 22.2 Å². The Morgan fingerprint density at radius 2 is 2.33 bits per heavy atom. The van der Waals surface area contributed by atoms with E-state index < -0.39 is 0 Å². The van der Waals surface area contributed by atoms with Gasteiger partial charge >= 0.3 is 0 Å². The van der Waals surface area contributed by atoms with Gasteiger partial charge in [-0.25, -0.2) is 0 Å². The Morgan fingerprint density at radius 1 is 1.43 bits per heavy atom. The van der Waals surface area contributed by atoms with Gasteiger partial charge in [0.15, 0.2) is 0 Å². The minimum Gasteiger partial charge on any atom is -0.353 e. The molecule has 2 aromatic heterocycles. The van der Waals surface area contributed by atoms with Crippen LogP contribution in [0, 0.1) is 0 Å². The van der Waals surface area contributed by atoms with Gasteiger partial charge in [0.25, 0.3) is 5.91 Å². The van der Waals surface area contributed by atoms with Gasteiger partial charge in [0, 0.05) is 24.4 Å². The van der Waals surface area contributed by atoms with Crippen LogP contribution in [0.1, 0.15) is 32.5 Å². The first-order valence-electron chi connectivity index (χ1n) is 7.15. The van der Waals surface area contributed by atoms with Crippen LogP contribution in [0.2, 0.25) is 0 Å². The molecule has 0 aliphatic carbocycles. The molecule has 0 spiro atoms. The van der Waals surface area contributed by atoms with Crippen LogP contribution in [-0.4, -0.2) is 24.5 Å². The van der Waals surface area contributed by atoms with E-state index in [2.05, 4.69) is 22.7 Å². The molecule has 2 aliphatic rings. The van der Waals surface area contributed by atoms with E-state index in [1.54, 1.807) is 23.7 Å². The molecule has 0 saturated heterocycles. The number of carbonyl (C=O) groups is 1. The first-order chi connectivity index (χ1) is 10.2. The average molecular weight is 301 g/mol. The Hall–Kier alpha value is -1.92. The number of thiophene rings is 1. The van der Waals surface area contributed by atoms with E-state index in [-0.39, 0.29) is 12.1 Å². The monoisotopic (exact) mass is 301 g/mol. The highest BCUT2D eigenvalue weighted by Gasteiger charge is 2.33. The van der Waals surface area contributed by atoms with Gasteiger partial charge in [-0.1, -0.05) is 6.07 Å². The number of quaternary nitrogens is 1. The SMILES string of the molecule is C[NH+]1CCc2c(sc3c2C(=O)N[C@H](c2cccnc2)N3)C1. The van der Waals surface area contributed by atoms with E-state index in [1.807, 2.05) is 12.1 Å². The molecule has 4 heterocycles. The van der Waals surface area contributed by atoms with Gasteiger partial charge in [-0.2, -0.15) is 0 Å². The van der Waals surface area contributed by atoms with Gasteiger partial charge < -0.3 is 15.5 Å². The van der Waals surface area contributed by atoms with Gasteiger partial charge in [-0.05, 0) is 11.6 Å². The third-order valence-corrected chi connectivity index (χ3v) is 5.31. The number of amides is 1. The maximum atomic E-state index is 12.5. The van der Waals surface area contributed by atoms with Crippen LogP contribution in [0.25, 0.3) is 0 Å². The number of fused-ring (bicyclic) bond motifs is 3. The summed E-state index contributed by atoms with van der Waals surface area (Å²) >= 11 is 1.73. The number of hydrogen-bond donors (Lipinski definition) is 3. The normalized spacial score (nSPS) is 23.8. The Bertz CT molecular complexity index is 697. The second-order valence-corrected chi connectivity index (χ2v) is 6.78. The minimum atomic E-state index is -0.191. The predicted molar refractivity (Wildman–Crippen MR) is 81.5 cm³/mol. The fraction of sp³-hybridized carbons (Fsp3) is 0.333. The summed E-state index contributed by atoms with van der Waals surface area (Å²) in [5.74, 6) is 0.0367. The molecule has 21 heavy (non-hydrogen) atoms. The Balaban J connectivity index is 1.71. The summed E-state index contributed by atoms with van der Waals surface area (Å²) < 4.78 is 0. The number of rotatable bonds is 1. The quantitative estimate of drug-likeness (QED) is 0.722. The second-order valence-electron chi connectivity index (χ2n) is 5.68. The molecule has 0 aromatic carbocycles. The van der Waals surface area contributed by atoms with Crippen LogP contribution in [0.4, 0.5) is 5.00 Å². The van der Waals surface area contributed by atoms with Crippen LogP contribution < -0.4 is 15.5 Å². The standard InChI is InChI=1S/C15H16N4OS/c1-19-6-4-10-11(8-19)21-15-12(10)14(20)17-13(18-15)9-3-2-5-16-7-9/h2-3,5,7,13,18H,4,6,8H2,1H3,(H,17,20)/p+1/t13-/m0/s1. The molecular weight excluding hydrogens is 284 g/mol. The zero-order valence-corrected chi connectivity index (χ0v) is 12.6. The number of likely N-dealkylation sites (N-methyl/N-ethyl adjacent to an activating group) is 1. The Labute approximate surface area is 127 Å². The molecule has 1 amide bonds. The van der Waals surface area contributed by atoms with E-state index in [0.29, 0.717) is 0 Å². The summed E-state index contributed by atoms with van der Waals surface area (Å²) in [5.41, 5.74) is 3.09. The van der Waals surface area contributed by atoms with Gasteiger partial charge in [0.1, 0.15) is 17.7 Å². The van der Waals surface area contributed by atoms with E-state index >= 15 is 0 Å². The second kappa shape index (κ2) is 4.82. The third-order valence-electron chi connectivity index (χ3n) is 4.15. The number of aromatic nitrogens is 1. The summed E-state index contributed by atoms with van der Waals surface area (Å²) in [6.45, 7) is 2.11. The summed E-state index contributed by atoms with van der Waals surface area (Å²) in [6.07, 6.45) is 4.32. The zero-order valence-electron chi connectivity index (χ0n) is 11.8. The van der Waals surface area contributed by atoms with Crippen molar-refractivity contribution in [3.05, 3.63) is 46.1 Å². The first-order valence-corrected chi connectivity index (χ1v) is 7.97. The Kier molecular flexibility index (Phi) is 2.94. The zero-order chi connectivity index (χ0) is 14.4. The number of anilines is 1. The number of nitrogens with one attached hydrogen (secondary N) is 3. The molecule has 2 aromatic rings. The largest absolute Gasteiger partial charge is 0.353 e. The molecule has 6 heteroatoms. The lowest BCUT2D eigenvalue weighted by Crippen LogP contribution is -3.08. The van der Waals surface area contributed by atoms with Crippen molar-refractivity contribution in [3.8, 4) is 0 Å². The highest BCUT2D eigenvalue weighted by molar-refractivity contribution is 7.16. The van der Waals surface area contributed by atoms with Crippen LogP contribution in [-0.2, 0) is 13.0 Å². The first kappa shape index (κ1) is 12.8. The molecule has 2 atom stereocenters. The van der Waals surface area contributed by atoms with Crippen molar-refractivity contribution in [3.63, 3.8) is 0 Å². The van der Waals surface area contributed by atoms with E-state index in [0.717, 1.165) is 35.6 Å². The molecule has 1 unspecified atom stereocenters. The van der Waals surface area contributed by atoms with Gasteiger partial charge in [0.2, 0.25) is 0 Å². The lowest BCUT2D eigenvalue weighted by molar-refractivity contribution is -0.895. The van der Waals surface area contributed by atoms with Crippen LogP contribution in [0.3, 0.4) is 0 Å².